The number of ether oxygens (including phenoxy) is 1. The lowest BCUT2D eigenvalue weighted by Gasteiger charge is -1.94. The van der Waals surface area contributed by atoms with Crippen molar-refractivity contribution in [2.24, 2.45) is 5.73 Å². The third-order valence-electron chi connectivity index (χ3n) is 1.85. The van der Waals surface area contributed by atoms with E-state index >= 15 is 0 Å². The number of hydrogen-bond acceptors (Lipinski definition) is 6. The molecule has 15 heavy (non-hydrogen) atoms. The zero-order valence-corrected chi connectivity index (χ0v) is 9.25. The van der Waals surface area contributed by atoms with Gasteiger partial charge in [-0.15, -0.1) is 21.5 Å². The molecule has 6 heteroatoms. The molecule has 2 rings (SSSR count). The number of nitrogens with zero attached hydrogens (tertiary/aromatic N) is 2. The van der Waals surface area contributed by atoms with Crippen LogP contribution >= 0.6 is 11.3 Å². The minimum Gasteiger partial charge on any atom is -0.496 e. The van der Waals surface area contributed by atoms with E-state index in [4.69, 9.17) is 14.9 Å². The predicted octanol–water partition coefficient (Wildman–Crippen LogP) is 1.83. The van der Waals surface area contributed by atoms with E-state index in [1.54, 1.807) is 14.0 Å². The Hall–Kier alpha value is -1.40. The van der Waals surface area contributed by atoms with Crippen molar-refractivity contribution in [3.8, 4) is 16.5 Å². The zero-order chi connectivity index (χ0) is 10.8. The second-order valence-electron chi connectivity index (χ2n) is 3.08. The first kappa shape index (κ1) is 10.1. The van der Waals surface area contributed by atoms with Crippen LogP contribution in [0.2, 0.25) is 0 Å². The predicted molar refractivity (Wildman–Crippen MR) is 56.8 cm³/mol. The first-order valence-corrected chi connectivity index (χ1v) is 5.30. The lowest BCUT2D eigenvalue weighted by Crippen LogP contribution is -2.04. The Morgan fingerprint density at radius 3 is 2.87 bits per heavy atom. The number of hydrogen-bond donors (Lipinski definition) is 1. The Labute approximate surface area is 90.9 Å². The van der Waals surface area contributed by atoms with Gasteiger partial charge in [0, 0.05) is 11.4 Å². The third kappa shape index (κ3) is 2.00. The molecule has 0 spiro atoms. The summed E-state index contributed by atoms with van der Waals surface area (Å²) >= 11 is 1.49. The van der Waals surface area contributed by atoms with E-state index in [-0.39, 0.29) is 6.04 Å². The Morgan fingerprint density at radius 2 is 2.33 bits per heavy atom. The Balaban J connectivity index is 2.28. The van der Waals surface area contributed by atoms with Crippen molar-refractivity contribution in [3.63, 3.8) is 0 Å². The van der Waals surface area contributed by atoms with Gasteiger partial charge in [0.2, 0.25) is 5.89 Å². The molecule has 0 aliphatic heterocycles. The lowest BCUT2D eigenvalue weighted by molar-refractivity contribution is 0.416. The fourth-order valence-corrected chi connectivity index (χ4v) is 1.83. The normalized spacial score (nSPS) is 12.7. The van der Waals surface area contributed by atoms with Gasteiger partial charge >= 0.3 is 0 Å². The summed E-state index contributed by atoms with van der Waals surface area (Å²) in [5.74, 6) is 1.71. The first-order valence-electron chi connectivity index (χ1n) is 4.42. The molecule has 80 valence electrons. The molecule has 2 N–H and O–H groups in total. The van der Waals surface area contributed by atoms with Crippen LogP contribution in [-0.2, 0) is 0 Å². The van der Waals surface area contributed by atoms with Gasteiger partial charge < -0.3 is 14.9 Å². The van der Waals surface area contributed by atoms with Crippen molar-refractivity contribution in [3.05, 3.63) is 17.3 Å². The molecule has 0 aliphatic carbocycles. The van der Waals surface area contributed by atoms with E-state index in [1.807, 2.05) is 11.4 Å². The van der Waals surface area contributed by atoms with Gasteiger partial charge in [-0.05, 0) is 6.92 Å². The quantitative estimate of drug-likeness (QED) is 0.862. The van der Waals surface area contributed by atoms with E-state index in [0.717, 1.165) is 10.6 Å². The van der Waals surface area contributed by atoms with Gasteiger partial charge in [-0.25, -0.2) is 0 Å². The van der Waals surface area contributed by atoms with Crippen LogP contribution in [0.5, 0.6) is 5.75 Å². The topological polar surface area (TPSA) is 74.2 Å². The first-order chi connectivity index (χ1) is 7.20. The number of rotatable bonds is 3. The molecule has 0 aliphatic rings. The molecule has 2 heterocycles. The van der Waals surface area contributed by atoms with E-state index in [9.17, 15) is 0 Å². The highest BCUT2D eigenvalue weighted by molar-refractivity contribution is 7.13. The van der Waals surface area contributed by atoms with Gasteiger partial charge in [-0.1, -0.05) is 0 Å². The van der Waals surface area contributed by atoms with Crippen molar-refractivity contribution < 1.29 is 9.15 Å². The van der Waals surface area contributed by atoms with E-state index < -0.39 is 0 Å². The highest BCUT2D eigenvalue weighted by Gasteiger charge is 2.13. The highest BCUT2D eigenvalue weighted by atomic mass is 32.1. The van der Waals surface area contributed by atoms with Gasteiger partial charge in [0.05, 0.1) is 18.0 Å². The van der Waals surface area contributed by atoms with Gasteiger partial charge in [0.1, 0.15) is 5.75 Å². The molecule has 2 aromatic rings. The standard InChI is InChI=1S/C9H11N3O2S/c1-5(10)8-11-12-9(14-8)7-3-6(13-2)4-15-7/h3-5H,10H2,1-2H3. The van der Waals surface area contributed by atoms with Gasteiger partial charge in [0.15, 0.2) is 0 Å². The van der Waals surface area contributed by atoms with Gasteiger partial charge in [-0.2, -0.15) is 0 Å². The summed E-state index contributed by atoms with van der Waals surface area (Å²) in [5.41, 5.74) is 5.62. The summed E-state index contributed by atoms with van der Waals surface area (Å²) in [6.07, 6.45) is 0. The molecule has 0 amide bonds. The molecule has 2 aromatic heterocycles. The number of aromatic nitrogens is 2. The molecule has 0 aromatic carbocycles. The molecule has 5 nitrogen and oxygen atoms in total. The van der Waals surface area contributed by atoms with Crippen LogP contribution in [-0.4, -0.2) is 17.3 Å². The fraction of sp³-hybridized carbons (Fsp3) is 0.333. The molecule has 1 unspecified atom stereocenters. The Morgan fingerprint density at radius 1 is 1.53 bits per heavy atom. The van der Waals surface area contributed by atoms with Crippen LogP contribution < -0.4 is 10.5 Å². The Bertz CT molecular complexity index is 450. The Kier molecular flexibility index (Phi) is 2.70. The summed E-state index contributed by atoms with van der Waals surface area (Å²) in [5, 5.41) is 9.64. The second kappa shape index (κ2) is 4.00. The van der Waals surface area contributed by atoms with E-state index in [0.29, 0.717) is 11.8 Å². The van der Waals surface area contributed by atoms with Gasteiger partial charge in [0.25, 0.3) is 5.89 Å². The maximum atomic E-state index is 5.62. The van der Waals surface area contributed by atoms with Gasteiger partial charge in [-0.3, -0.25) is 0 Å². The number of thiophene rings is 1. The number of nitrogens with two attached hydrogens (primary N) is 1. The third-order valence-corrected chi connectivity index (χ3v) is 2.75. The van der Waals surface area contributed by atoms with Crippen molar-refractivity contribution in [1.82, 2.24) is 10.2 Å². The summed E-state index contributed by atoms with van der Waals surface area (Å²) in [4.78, 5) is 0.881. The smallest absolute Gasteiger partial charge is 0.257 e. The summed E-state index contributed by atoms with van der Waals surface area (Å²) in [7, 11) is 1.62. The SMILES string of the molecule is COc1csc(-c2nnc(C(C)N)o2)c1. The van der Waals surface area contributed by atoms with Crippen LogP contribution in [0.3, 0.4) is 0 Å². The molecule has 1 atom stereocenters. The maximum Gasteiger partial charge on any atom is 0.257 e. The average molecular weight is 225 g/mol. The fourth-order valence-electron chi connectivity index (χ4n) is 1.06. The average Bonchev–Trinajstić information content (AvgIpc) is 2.86. The number of methoxy groups -OCH3 is 1. The summed E-state index contributed by atoms with van der Waals surface area (Å²) in [6.45, 7) is 1.80. The van der Waals surface area contributed by atoms with E-state index in [1.165, 1.54) is 11.3 Å². The zero-order valence-electron chi connectivity index (χ0n) is 8.43. The minimum absolute atomic E-state index is 0.242. The van der Waals surface area contributed by atoms with Crippen LogP contribution in [0.25, 0.3) is 10.8 Å². The summed E-state index contributed by atoms with van der Waals surface area (Å²) in [6, 6.07) is 1.61. The molecule has 0 fully saturated rings. The largest absolute Gasteiger partial charge is 0.496 e. The molecule has 0 bridgehead atoms. The molecular weight excluding hydrogens is 214 g/mol. The van der Waals surface area contributed by atoms with Crippen LogP contribution in [0, 0.1) is 0 Å². The lowest BCUT2D eigenvalue weighted by atomic mass is 10.4. The highest BCUT2D eigenvalue weighted by Crippen LogP contribution is 2.30. The van der Waals surface area contributed by atoms with Crippen LogP contribution in [0.4, 0.5) is 0 Å². The minimum atomic E-state index is -0.242. The molecular formula is C9H11N3O2S. The second-order valence-corrected chi connectivity index (χ2v) is 4.00. The van der Waals surface area contributed by atoms with Crippen molar-refractivity contribution in [2.75, 3.05) is 7.11 Å². The summed E-state index contributed by atoms with van der Waals surface area (Å²) < 4.78 is 10.5. The van der Waals surface area contributed by atoms with Crippen LogP contribution in [0.1, 0.15) is 18.9 Å². The van der Waals surface area contributed by atoms with Crippen molar-refractivity contribution in [1.29, 1.82) is 0 Å². The molecule has 0 saturated heterocycles. The van der Waals surface area contributed by atoms with Crippen LogP contribution in [0.15, 0.2) is 15.9 Å². The van der Waals surface area contributed by atoms with Crippen molar-refractivity contribution in [2.45, 2.75) is 13.0 Å². The van der Waals surface area contributed by atoms with Crippen molar-refractivity contribution >= 4 is 11.3 Å². The molecule has 0 radical (unpaired) electrons. The molecule has 0 saturated carbocycles. The maximum absolute atomic E-state index is 5.62. The monoisotopic (exact) mass is 225 g/mol. The van der Waals surface area contributed by atoms with E-state index in [2.05, 4.69) is 10.2 Å².